The number of carbonyl (C=O) groups excluding carboxylic acids is 2. The summed E-state index contributed by atoms with van der Waals surface area (Å²) in [5, 5.41) is 0. The number of hydrogen-bond donors (Lipinski definition) is 0. The van der Waals surface area contributed by atoms with E-state index in [9.17, 15) is 18.0 Å². The van der Waals surface area contributed by atoms with Crippen LogP contribution in [0.15, 0.2) is 53.4 Å². The first-order chi connectivity index (χ1) is 16.9. The third kappa shape index (κ3) is 4.54. The molecular formula is C26H32N4O4S. The Balaban J connectivity index is 1.47. The maximum absolute atomic E-state index is 13.6. The highest BCUT2D eigenvalue weighted by molar-refractivity contribution is 7.89. The molecule has 1 atom stereocenters. The van der Waals surface area contributed by atoms with E-state index in [1.165, 1.54) is 9.21 Å². The molecule has 0 aromatic heterocycles. The first kappa shape index (κ1) is 23.8. The SMILES string of the molecule is CN(Cc1ccccc1)C(=O)CN1C(=O)[C@@H]2CCCCN2c2ccc(S(=O)(=O)N3CCCC3)cc21. The Morgan fingerprint density at radius 3 is 2.43 bits per heavy atom. The highest BCUT2D eigenvalue weighted by Crippen LogP contribution is 2.41. The normalized spacial score (nSPS) is 20.5. The molecule has 0 bridgehead atoms. The molecule has 2 aromatic rings. The van der Waals surface area contributed by atoms with Crippen molar-refractivity contribution in [1.82, 2.24) is 9.21 Å². The first-order valence-electron chi connectivity index (χ1n) is 12.4. The molecule has 2 saturated heterocycles. The summed E-state index contributed by atoms with van der Waals surface area (Å²) in [7, 11) is -1.92. The van der Waals surface area contributed by atoms with Crippen molar-refractivity contribution in [1.29, 1.82) is 0 Å². The first-order valence-corrected chi connectivity index (χ1v) is 13.8. The number of benzene rings is 2. The molecule has 186 valence electrons. The molecule has 3 aliphatic heterocycles. The molecule has 0 radical (unpaired) electrons. The lowest BCUT2D eigenvalue weighted by atomic mass is 9.96. The van der Waals surface area contributed by atoms with E-state index in [0.717, 1.165) is 49.9 Å². The smallest absolute Gasteiger partial charge is 0.250 e. The van der Waals surface area contributed by atoms with Gasteiger partial charge in [0.2, 0.25) is 21.8 Å². The van der Waals surface area contributed by atoms with Crippen molar-refractivity contribution in [2.75, 3.05) is 43.0 Å². The Morgan fingerprint density at radius 1 is 0.971 bits per heavy atom. The number of rotatable bonds is 6. The molecule has 5 rings (SSSR count). The number of anilines is 2. The van der Waals surface area contributed by atoms with Crippen LogP contribution in [0.1, 0.15) is 37.7 Å². The molecule has 0 saturated carbocycles. The molecule has 35 heavy (non-hydrogen) atoms. The summed E-state index contributed by atoms with van der Waals surface area (Å²) >= 11 is 0. The van der Waals surface area contributed by atoms with Crippen LogP contribution < -0.4 is 9.80 Å². The Kier molecular flexibility index (Phi) is 6.55. The predicted octanol–water partition coefficient (Wildman–Crippen LogP) is 2.84. The summed E-state index contributed by atoms with van der Waals surface area (Å²) in [6.07, 6.45) is 4.38. The Hall–Kier alpha value is -2.91. The molecule has 0 N–H and O–H groups in total. The number of carbonyl (C=O) groups is 2. The number of fused-ring (bicyclic) bond motifs is 3. The second-order valence-electron chi connectivity index (χ2n) is 9.63. The summed E-state index contributed by atoms with van der Waals surface area (Å²) in [5.74, 6) is -0.320. The molecule has 0 unspecified atom stereocenters. The topological polar surface area (TPSA) is 81.2 Å². The molecule has 2 fully saturated rings. The van der Waals surface area contributed by atoms with Crippen molar-refractivity contribution < 1.29 is 18.0 Å². The fourth-order valence-corrected chi connectivity index (χ4v) is 6.88. The Morgan fingerprint density at radius 2 is 1.69 bits per heavy atom. The van der Waals surface area contributed by atoms with E-state index < -0.39 is 10.0 Å². The van der Waals surface area contributed by atoms with Crippen LogP contribution in [0.4, 0.5) is 11.4 Å². The van der Waals surface area contributed by atoms with E-state index in [4.69, 9.17) is 0 Å². The van der Waals surface area contributed by atoms with E-state index in [0.29, 0.717) is 25.3 Å². The fourth-order valence-electron chi connectivity index (χ4n) is 5.34. The number of nitrogens with zero attached hydrogens (tertiary/aromatic N) is 4. The summed E-state index contributed by atoms with van der Waals surface area (Å²) in [5.41, 5.74) is 2.34. The molecule has 0 aliphatic carbocycles. The minimum absolute atomic E-state index is 0.118. The summed E-state index contributed by atoms with van der Waals surface area (Å²) in [6.45, 7) is 2.09. The third-order valence-corrected chi connectivity index (χ3v) is 9.18. The second kappa shape index (κ2) is 9.62. The fraction of sp³-hybridized carbons (Fsp3) is 0.462. The Bertz CT molecular complexity index is 1210. The summed E-state index contributed by atoms with van der Waals surface area (Å²) in [6, 6.07) is 14.4. The highest BCUT2D eigenvalue weighted by Gasteiger charge is 2.41. The largest absolute Gasteiger partial charge is 0.358 e. The Labute approximate surface area is 207 Å². The number of likely N-dealkylation sites (N-methyl/N-ethyl adjacent to an activating group) is 1. The average molecular weight is 497 g/mol. The van der Waals surface area contributed by atoms with Crippen LogP contribution in [0.25, 0.3) is 0 Å². The van der Waals surface area contributed by atoms with Crippen LogP contribution in [0.2, 0.25) is 0 Å². The summed E-state index contributed by atoms with van der Waals surface area (Å²) < 4.78 is 28.0. The van der Waals surface area contributed by atoms with Crippen LogP contribution in [-0.2, 0) is 26.2 Å². The van der Waals surface area contributed by atoms with Gasteiger partial charge in [0, 0.05) is 33.2 Å². The lowest BCUT2D eigenvalue weighted by Gasteiger charge is -2.45. The van der Waals surface area contributed by atoms with Gasteiger partial charge in [0.05, 0.1) is 16.3 Å². The maximum Gasteiger partial charge on any atom is 0.250 e. The molecule has 0 spiro atoms. The van der Waals surface area contributed by atoms with Gasteiger partial charge in [0.25, 0.3) is 0 Å². The van der Waals surface area contributed by atoms with Gasteiger partial charge in [-0.3, -0.25) is 14.5 Å². The number of piperidine rings is 1. The van der Waals surface area contributed by atoms with Crippen molar-refractivity contribution in [3.05, 3.63) is 54.1 Å². The molecule has 3 heterocycles. The van der Waals surface area contributed by atoms with Crippen molar-refractivity contribution in [3.63, 3.8) is 0 Å². The van der Waals surface area contributed by atoms with Crippen LogP contribution in [0, 0.1) is 0 Å². The minimum atomic E-state index is -3.65. The maximum atomic E-state index is 13.6. The zero-order chi connectivity index (χ0) is 24.6. The molecule has 8 nitrogen and oxygen atoms in total. The molecule has 2 amide bonds. The van der Waals surface area contributed by atoms with Crippen LogP contribution in [0.5, 0.6) is 0 Å². The number of sulfonamides is 1. The lowest BCUT2D eigenvalue weighted by Crippen LogP contribution is -2.57. The quantitative estimate of drug-likeness (QED) is 0.614. The van der Waals surface area contributed by atoms with Crippen LogP contribution in [-0.4, -0.2) is 68.7 Å². The number of hydrogen-bond acceptors (Lipinski definition) is 5. The van der Waals surface area contributed by atoms with Crippen molar-refractivity contribution in [2.45, 2.75) is 49.6 Å². The second-order valence-corrected chi connectivity index (χ2v) is 11.6. The van der Waals surface area contributed by atoms with Gasteiger partial charge in [-0.2, -0.15) is 4.31 Å². The molecular weight excluding hydrogens is 464 g/mol. The van der Waals surface area contributed by atoms with E-state index >= 15 is 0 Å². The predicted molar refractivity (Wildman–Crippen MR) is 135 cm³/mol. The van der Waals surface area contributed by atoms with Gasteiger partial charge < -0.3 is 9.80 Å². The standard InChI is InChI=1S/C26H32N4O4S/c1-27(18-20-9-3-2-4-10-20)25(31)19-30-24-17-21(35(33,34)28-14-7-8-15-28)12-13-22(24)29-16-6-5-11-23(29)26(30)32/h2-4,9-10,12-13,17,23H,5-8,11,14-16,18-19H2,1H3/t23-/m0/s1. The van der Waals surface area contributed by atoms with Crippen LogP contribution in [0.3, 0.4) is 0 Å². The minimum Gasteiger partial charge on any atom is -0.358 e. The van der Waals surface area contributed by atoms with Crippen molar-refractivity contribution >= 4 is 33.2 Å². The monoisotopic (exact) mass is 496 g/mol. The summed E-state index contributed by atoms with van der Waals surface area (Å²) in [4.78, 5) is 32.2. The van der Waals surface area contributed by atoms with E-state index in [-0.39, 0.29) is 29.3 Å². The molecule has 9 heteroatoms. The molecule has 3 aliphatic rings. The van der Waals surface area contributed by atoms with E-state index in [1.807, 2.05) is 36.4 Å². The van der Waals surface area contributed by atoms with E-state index in [2.05, 4.69) is 4.90 Å². The lowest BCUT2D eigenvalue weighted by molar-refractivity contribution is -0.131. The van der Waals surface area contributed by atoms with Crippen molar-refractivity contribution in [2.24, 2.45) is 0 Å². The zero-order valence-corrected chi connectivity index (χ0v) is 20.9. The van der Waals surface area contributed by atoms with Gasteiger partial charge in [-0.1, -0.05) is 30.3 Å². The van der Waals surface area contributed by atoms with Gasteiger partial charge in [0.1, 0.15) is 12.6 Å². The van der Waals surface area contributed by atoms with Gasteiger partial charge in [-0.15, -0.1) is 0 Å². The van der Waals surface area contributed by atoms with Gasteiger partial charge in [0.15, 0.2) is 0 Å². The van der Waals surface area contributed by atoms with E-state index in [1.54, 1.807) is 24.1 Å². The van der Waals surface area contributed by atoms with Crippen molar-refractivity contribution in [3.8, 4) is 0 Å². The third-order valence-electron chi connectivity index (χ3n) is 7.29. The van der Waals surface area contributed by atoms with Gasteiger partial charge in [-0.25, -0.2) is 8.42 Å². The van der Waals surface area contributed by atoms with Gasteiger partial charge >= 0.3 is 0 Å². The average Bonchev–Trinajstić information content (AvgIpc) is 3.43. The zero-order valence-electron chi connectivity index (χ0n) is 20.1. The van der Waals surface area contributed by atoms with Crippen LogP contribution >= 0.6 is 0 Å². The molecule has 2 aromatic carbocycles. The number of amides is 2. The van der Waals surface area contributed by atoms with Gasteiger partial charge in [-0.05, 0) is 55.9 Å². The highest BCUT2D eigenvalue weighted by atomic mass is 32.2.